The highest BCUT2D eigenvalue weighted by Gasteiger charge is 2.38. The summed E-state index contributed by atoms with van der Waals surface area (Å²) in [7, 11) is 1.71. The lowest BCUT2D eigenvalue weighted by Crippen LogP contribution is -2.50. The molecule has 1 aliphatic rings. The van der Waals surface area contributed by atoms with Crippen molar-refractivity contribution in [3.63, 3.8) is 0 Å². The summed E-state index contributed by atoms with van der Waals surface area (Å²) >= 11 is 3.09. The zero-order valence-electron chi connectivity index (χ0n) is 16.3. The molecule has 0 aliphatic heterocycles. The first-order valence-corrected chi connectivity index (χ1v) is 12.1. The number of halogens is 2. The summed E-state index contributed by atoms with van der Waals surface area (Å²) in [5.41, 5.74) is 0.0174. The zero-order valence-corrected chi connectivity index (χ0v) is 18.8. The molecule has 3 rings (SSSR count). The number of benzene rings is 1. The molecule has 2 aromatic rings. The van der Waals surface area contributed by atoms with Crippen molar-refractivity contribution >= 4 is 51.6 Å². The number of carbonyl (C=O) groups is 1. The second kappa shape index (κ2) is 10.4. The van der Waals surface area contributed by atoms with Crippen molar-refractivity contribution in [1.82, 2.24) is 15.1 Å². The summed E-state index contributed by atoms with van der Waals surface area (Å²) in [6, 6.07) is 8.98. The van der Waals surface area contributed by atoms with Gasteiger partial charge in [0.2, 0.25) is 11.0 Å². The SMILES string of the molecule is CN(C(=O)CSc1nnc(Nc2ccc(SC(F)F)cc2)s1)C1(C#N)CCCCC1. The van der Waals surface area contributed by atoms with Gasteiger partial charge in [-0.1, -0.05) is 54.1 Å². The van der Waals surface area contributed by atoms with Gasteiger partial charge >= 0.3 is 0 Å². The van der Waals surface area contributed by atoms with Gasteiger partial charge in [-0.2, -0.15) is 14.0 Å². The fourth-order valence-electron chi connectivity index (χ4n) is 3.28. The minimum atomic E-state index is -2.45. The molecule has 0 saturated heterocycles. The molecule has 1 amide bonds. The highest BCUT2D eigenvalue weighted by Crippen LogP contribution is 2.34. The average molecular weight is 470 g/mol. The normalized spacial score (nSPS) is 15.6. The van der Waals surface area contributed by atoms with Crippen molar-refractivity contribution in [3.05, 3.63) is 24.3 Å². The van der Waals surface area contributed by atoms with E-state index in [2.05, 4.69) is 21.6 Å². The number of amides is 1. The van der Waals surface area contributed by atoms with E-state index < -0.39 is 11.3 Å². The standard InChI is InChI=1S/C19H21F2N5OS3/c1-26(19(12-22)9-3-2-4-10-19)15(27)11-28-18-25-24-17(30-18)23-13-5-7-14(8-6-13)29-16(20)21/h5-8,16H,2-4,9-11H2,1H3,(H,23,24). The second-order valence-corrected chi connectivity index (χ2v) is 10.1. The molecule has 1 heterocycles. The zero-order chi connectivity index (χ0) is 21.6. The largest absolute Gasteiger partial charge is 0.330 e. The van der Waals surface area contributed by atoms with E-state index >= 15 is 0 Å². The van der Waals surface area contributed by atoms with E-state index in [1.165, 1.54) is 23.1 Å². The first-order chi connectivity index (χ1) is 14.4. The van der Waals surface area contributed by atoms with E-state index in [-0.39, 0.29) is 11.7 Å². The van der Waals surface area contributed by atoms with Gasteiger partial charge < -0.3 is 10.2 Å². The molecule has 0 radical (unpaired) electrons. The Morgan fingerprint density at radius 1 is 1.30 bits per heavy atom. The smallest absolute Gasteiger partial charge is 0.288 e. The van der Waals surface area contributed by atoms with Crippen molar-refractivity contribution in [3.8, 4) is 6.07 Å². The molecule has 0 atom stereocenters. The predicted octanol–water partition coefficient (Wildman–Crippen LogP) is 5.37. The van der Waals surface area contributed by atoms with Crippen molar-refractivity contribution in [2.24, 2.45) is 0 Å². The predicted molar refractivity (Wildman–Crippen MR) is 116 cm³/mol. The first kappa shape index (κ1) is 22.8. The number of anilines is 2. The van der Waals surface area contributed by atoms with Crippen LogP contribution in [-0.4, -0.2) is 45.1 Å². The van der Waals surface area contributed by atoms with Crippen molar-refractivity contribution in [2.45, 2.75) is 52.6 Å². The van der Waals surface area contributed by atoms with Crippen LogP contribution in [0.1, 0.15) is 32.1 Å². The Hall–Kier alpha value is -1.90. The van der Waals surface area contributed by atoms with E-state index in [4.69, 9.17) is 0 Å². The molecular formula is C19H21F2N5OS3. The first-order valence-electron chi connectivity index (χ1n) is 9.38. The van der Waals surface area contributed by atoms with Crippen LogP contribution in [-0.2, 0) is 4.79 Å². The van der Waals surface area contributed by atoms with Crippen LogP contribution in [0.4, 0.5) is 19.6 Å². The van der Waals surface area contributed by atoms with E-state index in [0.717, 1.165) is 32.1 Å². The van der Waals surface area contributed by atoms with Crippen LogP contribution in [0.25, 0.3) is 0 Å². The van der Waals surface area contributed by atoms with Crippen LogP contribution >= 0.6 is 34.9 Å². The van der Waals surface area contributed by atoms with Gasteiger partial charge in [0.25, 0.3) is 5.76 Å². The molecule has 1 N–H and O–H groups in total. The third kappa shape index (κ3) is 5.83. The molecule has 1 aliphatic carbocycles. The van der Waals surface area contributed by atoms with Gasteiger partial charge in [-0.15, -0.1) is 10.2 Å². The third-order valence-electron chi connectivity index (χ3n) is 4.96. The maximum atomic E-state index is 12.6. The molecule has 1 aromatic carbocycles. The number of aromatic nitrogens is 2. The lowest BCUT2D eigenvalue weighted by atomic mass is 9.81. The Labute approximate surface area is 186 Å². The van der Waals surface area contributed by atoms with Crippen molar-refractivity contribution in [2.75, 3.05) is 18.1 Å². The number of nitriles is 1. The molecule has 30 heavy (non-hydrogen) atoms. The summed E-state index contributed by atoms with van der Waals surface area (Å²) in [6.45, 7) is 0. The van der Waals surface area contributed by atoms with E-state index in [9.17, 15) is 18.8 Å². The van der Waals surface area contributed by atoms with Crippen LogP contribution < -0.4 is 5.32 Å². The summed E-state index contributed by atoms with van der Waals surface area (Å²) in [6.07, 6.45) is 4.47. The molecule has 1 fully saturated rings. The monoisotopic (exact) mass is 469 g/mol. The van der Waals surface area contributed by atoms with Gasteiger partial charge in [0, 0.05) is 17.6 Å². The number of rotatable bonds is 8. The fourth-order valence-corrected chi connectivity index (χ4v) is 5.46. The Balaban J connectivity index is 1.53. The lowest BCUT2D eigenvalue weighted by Gasteiger charge is -2.38. The number of carbonyl (C=O) groups excluding carboxylic acids is 1. The van der Waals surface area contributed by atoms with Crippen molar-refractivity contribution in [1.29, 1.82) is 5.26 Å². The van der Waals surface area contributed by atoms with E-state index in [1.54, 1.807) is 36.2 Å². The Morgan fingerprint density at radius 3 is 2.63 bits per heavy atom. The van der Waals surface area contributed by atoms with Crippen LogP contribution in [0, 0.1) is 11.3 Å². The second-order valence-electron chi connectivity index (χ2n) is 6.85. The maximum absolute atomic E-state index is 12.6. The highest BCUT2D eigenvalue weighted by molar-refractivity contribution is 8.01. The van der Waals surface area contributed by atoms with Gasteiger partial charge in [-0.25, -0.2) is 0 Å². The molecule has 1 aromatic heterocycles. The number of hydrogen-bond donors (Lipinski definition) is 1. The summed E-state index contributed by atoms with van der Waals surface area (Å²) in [4.78, 5) is 14.7. The van der Waals surface area contributed by atoms with Gasteiger partial charge in [-0.3, -0.25) is 4.79 Å². The fraction of sp³-hybridized carbons (Fsp3) is 0.474. The van der Waals surface area contributed by atoms with Gasteiger partial charge in [0.1, 0.15) is 5.54 Å². The number of thioether (sulfide) groups is 2. The topological polar surface area (TPSA) is 81.9 Å². The molecule has 6 nitrogen and oxygen atoms in total. The summed E-state index contributed by atoms with van der Waals surface area (Å²) in [5.74, 6) is -2.36. The van der Waals surface area contributed by atoms with E-state index in [0.29, 0.717) is 31.8 Å². The Morgan fingerprint density at radius 2 is 2.00 bits per heavy atom. The molecule has 11 heteroatoms. The van der Waals surface area contributed by atoms with Gasteiger partial charge in [-0.05, 0) is 37.1 Å². The number of alkyl halides is 2. The molecule has 0 unspecified atom stereocenters. The van der Waals surface area contributed by atoms with Gasteiger partial charge in [0.05, 0.1) is 11.8 Å². The number of nitrogens with zero attached hydrogens (tertiary/aromatic N) is 4. The molecule has 160 valence electrons. The van der Waals surface area contributed by atoms with Crippen molar-refractivity contribution < 1.29 is 13.6 Å². The van der Waals surface area contributed by atoms with E-state index in [1.807, 2.05) is 0 Å². The average Bonchev–Trinajstić information content (AvgIpc) is 3.20. The van der Waals surface area contributed by atoms with Crippen LogP contribution in [0.3, 0.4) is 0 Å². The minimum Gasteiger partial charge on any atom is -0.330 e. The number of nitrogens with one attached hydrogen (secondary N) is 1. The van der Waals surface area contributed by atoms with Gasteiger partial charge in [0.15, 0.2) is 4.34 Å². The Bertz CT molecular complexity index is 894. The highest BCUT2D eigenvalue weighted by atomic mass is 32.2. The Kier molecular flexibility index (Phi) is 7.91. The molecular weight excluding hydrogens is 448 g/mol. The van der Waals surface area contributed by atoms with Crippen LogP contribution in [0.5, 0.6) is 0 Å². The quantitative estimate of drug-likeness (QED) is 0.520. The van der Waals surface area contributed by atoms with Crippen LogP contribution in [0.2, 0.25) is 0 Å². The molecule has 1 saturated carbocycles. The third-order valence-corrected chi connectivity index (χ3v) is 7.64. The maximum Gasteiger partial charge on any atom is 0.288 e. The molecule has 0 bridgehead atoms. The van der Waals surface area contributed by atoms with Crippen LogP contribution in [0.15, 0.2) is 33.5 Å². The molecule has 0 spiro atoms. The minimum absolute atomic E-state index is 0.0970. The summed E-state index contributed by atoms with van der Waals surface area (Å²) < 4.78 is 25.4. The number of hydrogen-bond acceptors (Lipinski definition) is 8. The summed E-state index contributed by atoms with van der Waals surface area (Å²) in [5, 5.41) is 21.4. The lowest BCUT2D eigenvalue weighted by molar-refractivity contribution is -0.131.